The van der Waals surface area contributed by atoms with Crippen LogP contribution >= 0.6 is 11.3 Å². The number of ether oxygens (including phenoxy) is 2. The molecule has 33 heavy (non-hydrogen) atoms. The molecule has 1 fully saturated rings. The molecule has 0 radical (unpaired) electrons. The van der Waals surface area contributed by atoms with E-state index in [-0.39, 0.29) is 12.5 Å². The molecule has 2 aromatic carbocycles. The van der Waals surface area contributed by atoms with E-state index in [2.05, 4.69) is 26.5 Å². The number of hydrogen-bond acceptors (Lipinski definition) is 8. The van der Waals surface area contributed by atoms with Gasteiger partial charge in [0.1, 0.15) is 18.2 Å². The van der Waals surface area contributed by atoms with Crippen molar-refractivity contribution in [1.29, 1.82) is 0 Å². The first kappa shape index (κ1) is 21.6. The van der Waals surface area contributed by atoms with Crippen LogP contribution in [0.1, 0.15) is 5.01 Å². The Hall–Kier alpha value is -3.21. The summed E-state index contributed by atoms with van der Waals surface area (Å²) >= 11 is 1.73. The largest absolute Gasteiger partial charge is 0.486 e. The van der Waals surface area contributed by atoms with Crippen LogP contribution in [0.15, 0.2) is 42.5 Å². The third-order valence-corrected chi connectivity index (χ3v) is 6.60. The molecule has 3 amide bonds. The standard InChI is InChI=1S/C23H25N5O4S/c29-21(26-23(30)24-16-5-6-18-19(13-16)32-12-11-31-18)14-27-7-9-28(10-8-27)15-22-25-17-3-1-2-4-20(17)33-22/h1-6,13H,7-12,14-15H2,(H2,24,26,29,30). The molecule has 172 valence electrons. The minimum atomic E-state index is -0.564. The van der Waals surface area contributed by atoms with Gasteiger partial charge < -0.3 is 14.8 Å². The van der Waals surface area contributed by atoms with Crippen molar-refractivity contribution in [2.24, 2.45) is 0 Å². The summed E-state index contributed by atoms with van der Waals surface area (Å²) in [6.45, 7) is 5.21. The Morgan fingerprint density at radius 3 is 2.55 bits per heavy atom. The number of carbonyl (C=O) groups excluding carboxylic acids is 2. The van der Waals surface area contributed by atoms with E-state index in [1.54, 1.807) is 29.5 Å². The van der Waals surface area contributed by atoms with E-state index in [1.807, 2.05) is 18.2 Å². The second kappa shape index (κ2) is 9.74. The molecule has 5 rings (SSSR count). The molecule has 2 aliphatic rings. The fraction of sp³-hybridized carbons (Fsp3) is 0.348. The average Bonchev–Trinajstić information content (AvgIpc) is 3.22. The van der Waals surface area contributed by atoms with Gasteiger partial charge >= 0.3 is 6.03 Å². The van der Waals surface area contributed by atoms with Crippen LogP contribution in [0.3, 0.4) is 0 Å². The number of nitrogens with zero attached hydrogens (tertiary/aromatic N) is 3. The highest BCUT2D eigenvalue weighted by Gasteiger charge is 2.21. The van der Waals surface area contributed by atoms with Gasteiger partial charge in [0, 0.05) is 37.9 Å². The van der Waals surface area contributed by atoms with Crippen LogP contribution < -0.4 is 20.1 Å². The van der Waals surface area contributed by atoms with Gasteiger partial charge in [-0.2, -0.15) is 0 Å². The number of fused-ring (bicyclic) bond motifs is 2. The molecule has 0 bridgehead atoms. The third-order valence-electron chi connectivity index (χ3n) is 5.58. The Balaban J connectivity index is 1.05. The summed E-state index contributed by atoms with van der Waals surface area (Å²) < 4.78 is 12.2. The second-order valence-electron chi connectivity index (χ2n) is 7.99. The van der Waals surface area contributed by atoms with Gasteiger partial charge in [0.25, 0.3) is 0 Å². The second-order valence-corrected chi connectivity index (χ2v) is 9.10. The number of amides is 3. The van der Waals surface area contributed by atoms with Crippen LogP contribution in [0.4, 0.5) is 10.5 Å². The van der Waals surface area contributed by atoms with Crippen molar-refractivity contribution in [1.82, 2.24) is 20.1 Å². The number of thiazole rings is 1. The van der Waals surface area contributed by atoms with Gasteiger partial charge in [-0.1, -0.05) is 12.1 Å². The zero-order valence-corrected chi connectivity index (χ0v) is 18.9. The molecule has 3 heterocycles. The van der Waals surface area contributed by atoms with E-state index < -0.39 is 6.03 Å². The lowest BCUT2D eigenvalue weighted by Crippen LogP contribution is -2.50. The summed E-state index contributed by atoms with van der Waals surface area (Å²) in [7, 11) is 0. The zero-order valence-electron chi connectivity index (χ0n) is 18.1. The minimum absolute atomic E-state index is 0.184. The molecule has 0 unspecified atom stereocenters. The summed E-state index contributed by atoms with van der Waals surface area (Å²) in [6.07, 6.45) is 0. The van der Waals surface area contributed by atoms with Crippen LogP contribution in [0.25, 0.3) is 10.2 Å². The molecular weight excluding hydrogens is 442 g/mol. The van der Waals surface area contributed by atoms with Crippen molar-refractivity contribution in [3.8, 4) is 11.5 Å². The fourth-order valence-electron chi connectivity index (χ4n) is 3.94. The van der Waals surface area contributed by atoms with Crippen LogP contribution in [0, 0.1) is 0 Å². The van der Waals surface area contributed by atoms with Gasteiger partial charge in [0.15, 0.2) is 11.5 Å². The lowest BCUT2D eigenvalue weighted by molar-refractivity contribution is -0.121. The van der Waals surface area contributed by atoms with E-state index in [9.17, 15) is 9.59 Å². The monoisotopic (exact) mass is 467 g/mol. The molecule has 0 spiro atoms. The SMILES string of the molecule is O=C(CN1CCN(Cc2nc3ccccc3s2)CC1)NC(=O)Nc1ccc2c(c1)OCCO2. The van der Waals surface area contributed by atoms with E-state index in [0.717, 1.165) is 43.2 Å². The highest BCUT2D eigenvalue weighted by atomic mass is 32.1. The molecule has 0 saturated carbocycles. The predicted molar refractivity (Wildman–Crippen MR) is 126 cm³/mol. The summed E-state index contributed by atoms with van der Waals surface area (Å²) in [5.41, 5.74) is 1.58. The van der Waals surface area contributed by atoms with Crippen molar-refractivity contribution in [2.75, 3.05) is 51.3 Å². The molecular formula is C23H25N5O4S. The lowest BCUT2D eigenvalue weighted by atomic mass is 10.2. The lowest BCUT2D eigenvalue weighted by Gasteiger charge is -2.33. The van der Waals surface area contributed by atoms with E-state index in [4.69, 9.17) is 14.5 Å². The molecule has 3 aromatic rings. The summed E-state index contributed by atoms with van der Waals surface area (Å²) in [6, 6.07) is 12.7. The Bertz CT molecular complexity index is 1130. The highest BCUT2D eigenvalue weighted by Crippen LogP contribution is 2.32. The molecule has 2 aliphatic heterocycles. The third kappa shape index (κ3) is 5.41. The molecule has 1 aromatic heterocycles. The Morgan fingerprint density at radius 2 is 1.73 bits per heavy atom. The normalized spacial score (nSPS) is 16.5. The molecule has 9 nitrogen and oxygen atoms in total. The van der Waals surface area contributed by atoms with Crippen molar-refractivity contribution in [2.45, 2.75) is 6.54 Å². The minimum Gasteiger partial charge on any atom is -0.486 e. The van der Waals surface area contributed by atoms with Gasteiger partial charge in [0.05, 0.1) is 23.3 Å². The topological polar surface area (TPSA) is 96.0 Å². The van der Waals surface area contributed by atoms with E-state index in [0.29, 0.717) is 30.4 Å². The number of piperazine rings is 1. The van der Waals surface area contributed by atoms with Crippen LogP contribution in [-0.2, 0) is 11.3 Å². The van der Waals surface area contributed by atoms with Gasteiger partial charge in [-0.3, -0.25) is 19.9 Å². The number of benzene rings is 2. The number of imide groups is 1. The van der Waals surface area contributed by atoms with Crippen LogP contribution in [-0.4, -0.2) is 72.7 Å². The quantitative estimate of drug-likeness (QED) is 0.595. The Labute approximate surface area is 195 Å². The number of carbonyl (C=O) groups is 2. The first-order valence-corrected chi connectivity index (χ1v) is 11.7. The number of hydrogen-bond donors (Lipinski definition) is 2. The summed E-state index contributed by atoms with van der Waals surface area (Å²) in [4.78, 5) is 33.7. The first-order chi connectivity index (χ1) is 16.1. The van der Waals surface area contributed by atoms with Crippen molar-refractivity contribution in [3.05, 3.63) is 47.5 Å². The molecule has 1 saturated heterocycles. The highest BCUT2D eigenvalue weighted by molar-refractivity contribution is 7.18. The van der Waals surface area contributed by atoms with Gasteiger partial charge in [0.2, 0.25) is 5.91 Å². The number of anilines is 1. The maximum Gasteiger partial charge on any atom is 0.325 e. The van der Waals surface area contributed by atoms with Crippen molar-refractivity contribution >= 4 is 39.2 Å². The van der Waals surface area contributed by atoms with E-state index >= 15 is 0 Å². The zero-order chi connectivity index (χ0) is 22.6. The number of urea groups is 1. The summed E-state index contributed by atoms with van der Waals surface area (Å²) in [5.74, 6) is 0.893. The maximum atomic E-state index is 12.3. The number of aromatic nitrogens is 1. The van der Waals surface area contributed by atoms with Crippen LogP contribution in [0.5, 0.6) is 11.5 Å². The smallest absolute Gasteiger partial charge is 0.325 e. The average molecular weight is 468 g/mol. The number of nitrogens with one attached hydrogen (secondary N) is 2. The van der Waals surface area contributed by atoms with Gasteiger partial charge in [-0.25, -0.2) is 9.78 Å². The van der Waals surface area contributed by atoms with Crippen LogP contribution in [0.2, 0.25) is 0 Å². The molecule has 0 aliphatic carbocycles. The van der Waals surface area contributed by atoms with Crippen molar-refractivity contribution < 1.29 is 19.1 Å². The maximum absolute atomic E-state index is 12.3. The predicted octanol–water partition coefficient (Wildman–Crippen LogP) is 2.53. The van der Waals surface area contributed by atoms with Gasteiger partial charge in [-0.05, 0) is 24.3 Å². The van der Waals surface area contributed by atoms with E-state index in [1.165, 1.54) is 4.70 Å². The number of para-hydroxylation sites is 1. The Morgan fingerprint density at radius 1 is 0.970 bits per heavy atom. The summed E-state index contributed by atoms with van der Waals surface area (Å²) in [5, 5.41) is 6.17. The van der Waals surface area contributed by atoms with Crippen molar-refractivity contribution in [3.63, 3.8) is 0 Å². The number of rotatable bonds is 5. The first-order valence-electron chi connectivity index (χ1n) is 10.9. The van der Waals surface area contributed by atoms with Gasteiger partial charge in [-0.15, -0.1) is 11.3 Å². The molecule has 2 N–H and O–H groups in total. The Kier molecular flexibility index (Phi) is 6.38. The molecule has 10 heteroatoms. The fourth-order valence-corrected chi connectivity index (χ4v) is 4.95. The molecule has 0 atom stereocenters.